The van der Waals surface area contributed by atoms with Gasteiger partial charge in [-0.25, -0.2) is 0 Å². The van der Waals surface area contributed by atoms with Crippen molar-refractivity contribution in [3.8, 4) is 0 Å². The number of benzene rings is 1. The van der Waals surface area contributed by atoms with Crippen LogP contribution in [0.5, 0.6) is 0 Å². The van der Waals surface area contributed by atoms with Crippen molar-refractivity contribution >= 4 is 23.2 Å². The van der Waals surface area contributed by atoms with Crippen molar-refractivity contribution in [3.05, 3.63) is 33.8 Å². The predicted octanol–water partition coefficient (Wildman–Crippen LogP) is 2.23. The van der Waals surface area contributed by atoms with Crippen LogP contribution in [0.15, 0.2) is 18.2 Å². The number of aliphatic hydroxyl groups is 1. The summed E-state index contributed by atoms with van der Waals surface area (Å²) in [5.74, 6) is 0. The number of nitrogens with one attached hydrogen (secondary N) is 1. The molecule has 1 unspecified atom stereocenters. The summed E-state index contributed by atoms with van der Waals surface area (Å²) in [6.45, 7) is 2.09. The van der Waals surface area contributed by atoms with Gasteiger partial charge < -0.3 is 15.2 Å². The van der Waals surface area contributed by atoms with E-state index < -0.39 is 5.60 Å². The zero-order valence-corrected chi connectivity index (χ0v) is 10.9. The van der Waals surface area contributed by atoms with Gasteiger partial charge in [0.1, 0.15) is 5.60 Å². The van der Waals surface area contributed by atoms with E-state index in [1.807, 2.05) is 12.1 Å². The third-order valence-electron chi connectivity index (χ3n) is 2.88. The summed E-state index contributed by atoms with van der Waals surface area (Å²) in [5, 5.41) is 14.3. The number of hydrogen-bond acceptors (Lipinski definition) is 3. The maximum absolute atomic E-state index is 10.0. The minimum Gasteiger partial charge on any atom is -0.386 e. The highest BCUT2D eigenvalue weighted by Gasteiger charge is 2.31. The molecule has 1 saturated heterocycles. The van der Waals surface area contributed by atoms with E-state index in [0.717, 1.165) is 5.56 Å². The molecular formula is C12H15Cl2NO2. The second-order valence-electron chi connectivity index (χ2n) is 4.34. The number of rotatable bonds is 4. The number of ether oxygens (including phenoxy) is 1. The predicted molar refractivity (Wildman–Crippen MR) is 68.6 cm³/mol. The van der Waals surface area contributed by atoms with Crippen LogP contribution in [-0.2, 0) is 11.3 Å². The minimum absolute atomic E-state index is 0.392. The van der Waals surface area contributed by atoms with E-state index >= 15 is 0 Å². The summed E-state index contributed by atoms with van der Waals surface area (Å²) < 4.78 is 5.17. The maximum atomic E-state index is 10.0. The van der Waals surface area contributed by atoms with Crippen LogP contribution in [0.25, 0.3) is 0 Å². The van der Waals surface area contributed by atoms with Crippen molar-refractivity contribution in [1.82, 2.24) is 5.32 Å². The van der Waals surface area contributed by atoms with Gasteiger partial charge in [-0.15, -0.1) is 0 Å². The van der Waals surface area contributed by atoms with Crippen LogP contribution < -0.4 is 5.32 Å². The van der Waals surface area contributed by atoms with Crippen molar-refractivity contribution < 1.29 is 9.84 Å². The fourth-order valence-electron chi connectivity index (χ4n) is 1.85. The van der Waals surface area contributed by atoms with Crippen LogP contribution in [0, 0.1) is 0 Å². The molecule has 0 bridgehead atoms. The molecule has 2 N–H and O–H groups in total. The first-order valence-electron chi connectivity index (χ1n) is 5.54. The molecule has 1 aliphatic heterocycles. The van der Waals surface area contributed by atoms with Gasteiger partial charge in [-0.2, -0.15) is 0 Å². The van der Waals surface area contributed by atoms with Gasteiger partial charge >= 0.3 is 0 Å². The van der Waals surface area contributed by atoms with Crippen molar-refractivity contribution in [2.75, 3.05) is 19.8 Å². The van der Waals surface area contributed by atoms with Gasteiger partial charge in [-0.3, -0.25) is 0 Å². The van der Waals surface area contributed by atoms with Crippen molar-refractivity contribution in [2.45, 2.75) is 18.6 Å². The Morgan fingerprint density at radius 2 is 2.24 bits per heavy atom. The van der Waals surface area contributed by atoms with E-state index in [1.165, 1.54) is 0 Å². The summed E-state index contributed by atoms with van der Waals surface area (Å²) >= 11 is 12.0. The highest BCUT2D eigenvalue weighted by molar-refractivity contribution is 6.42. The van der Waals surface area contributed by atoms with Crippen LogP contribution in [0.2, 0.25) is 10.0 Å². The first-order valence-corrected chi connectivity index (χ1v) is 6.30. The van der Waals surface area contributed by atoms with Crippen molar-refractivity contribution in [1.29, 1.82) is 0 Å². The Balaban J connectivity index is 1.88. The largest absolute Gasteiger partial charge is 0.386 e. The van der Waals surface area contributed by atoms with Gasteiger partial charge in [0.05, 0.1) is 16.7 Å². The lowest BCUT2D eigenvalue weighted by atomic mass is 10.0. The third-order valence-corrected chi connectivity index (χ3v) is 3.74. The van der Waals surface area contributed by atoms with Crippen LogP contribution in [0.4, 0.5) is 0 Å². The Kier molecular flexibility index (Phi) is 4.28. The summed E-state index contributed by atoms with van der Waals surface area (Å²) in [6.07, 6.45) is 0.670. The molecule has 94 valence electrons. The molecule has 0 spiro atoms. The first kappa shape index (κ1) is 13.1. The Morgan fingerprint density at radius 1 is 1.41 bits per heavy atom. The Hall–Kier alpha value is -0.320. The van der Waals surface area contributed by atoms with Gasteiger partial charge in [0.15, 0.2) is 0 Å². The van der Waals surface area contributed by atoms with Crippen LogP contribution in [0.1, 0.15) is 12.0 Å². The van der Waals surface area contributed by atoms with Gasteiger partial charge in [0.25, 0.3) is 0 Å². The fourth-order valence-corrected chi connectivity index (χ4v) is 2.24. The van der Waals surface area contributed by atoms with Crippen LogP contribution in [-0.4, -0.2) is 30.5 Å². The summed E-state index contributed by atoms with van der Waals surface area (Å²) in [4.78, 5) is 0. The molecule has 17 heavy (non-hydrogen) atoms. The Labute approximate surface area is 111 Å². The molecule has 5 heteroatoms. The number of hydrogen-bond donors (Lipinski definition) is 2. The van der Waals surface area contributed by atoms with Crippen LogP contribution >= 0.6 is 23.2 Å². The zero-order chi connectivity index (χ0) is 12.3. The van der Waals surface area contributed by atoms with E-state index in [1.54, 1.807) is 6.07 Å². The highest BCUT2D eigenvalue weighted by atomic mass is 35.5. The van der Waals surface area contributed by atoms with Crippen LogP contribution in [0.3, 0.4) is 0 Å². The lowest BCUT2D eigenvalue weighted by Gasteiger charge is -2.20. The molecule has 0 saturated carbocycles. The second kappa shape index (κ2) is 5.55. The molecule has 0 aliphatic carbocycles. The molecule has 1 aromatic rings. The monoisotopic (exact) mass is 275 g/mol. The first-order chi connectivity index (χ1) is 8.11. The molecule has 1 fully saturated rings. The normalized spacial score (nSPS) is 24.2. The maximum Gasteiger partial charge on any atom is 0.102 e. The molecule has 0 radical (unpaired) electrons. The number of halogens is 2. The Bertz CT molecular complexity index is 392. The van der Waals surface area contributed by atoms with Gasteiger partial charge in [0, 0.05) is 26.1 Å². The smallest absolute Gasteiger partial charge is 0.102 e. The molecule has 0 amide bonds. The van der Waals surface area contributed by atoms with E-state index in [4.69, 9.17) is 27.9 Å². The average molecular weight is 276 g/mol. The summed E-state index contributed by atoms with van der Waals surface area (Å²) in [5.41, 5.74) is 0.187. The quantitative estimate of drug-likeness (QED) is 0.886. The molecule has 1 atom stereocenters. The molecule has 3 nitrogen and oxygen atoms in total. The third kappa shape index (κ3) is 3.33. The molecule has 2 rings (SSSR count). The molecule has 0 aromatic heterocycles. The van der Waals surface area contributed by atoms with Gasteiger partial charge in [0.2, 0.25) is 0 Å². The topological polar surface area (TPSA) is 41.5 Å². The van der Waals surface area contributed by atoms with E-state index in [0.29, 0.717) is 42.8 Å². The van der Waals surface area contributed by atoms with Gasteiger partial charge in [-0.1, -0.05) is 35.3 Å². The molecule has 1 aromatic carbocycles. The zero-order valence-electron chi connectivity index (χ0n) is 9.38. The van der Waals surface area contributed by atoms with E-state index in [2.05, 4.69) is 5.32 Å². The van der Waals surface area contributed by atoms with Crippen molar-refractivity contribution in [2.24, 2.45) is 0 Å². The lowest BCUT2D eigenvalue weighted by Crippen LogP contribution is -2.40. The average Bonchev–Trinajstić information content (AvgIpc) is 2.72. The van der Waals surface area contributed by atoms with Crippen molar-refractivity contribution in [3.63, 3.8) is 0 Å². The van der Waals surface area contributed by atoms with E-state index in [-0.39, 0.29) is 0 Å². The minimum atomic E-state index is -0.745. The molecule has 1 heterocycles. The van der Waals surface area contributed by atoms with Gasteiger partial charge in [-0.05, 0) is 11.6 Å². The lowest BCUT2D eigenvalue weighted by molar-refractivity contribution is 0.0268. The second-order valence-corrected chi connectivity index (χ2v) is 5.13. The van der Waals surface area contributed by atoms with E-state index in [9.17, 15) is 5.11 Å². The summed E-state index contributed by atoms with van der Waals surface area (Å²) in [7, 11) is 0. The highest BCUT2D eigenvalue weighted by Crippen LogP contribution is 2.25. The molecular weight excluding hydrogens is 261 g/mol. The standard InChI is InChI=1S/C12H15Cl2NO2/c13-10-3-1-2-9(11(10)14)6-15-7-12(16)4-5-17-8-12/h1-3,15-16H,4-8H2. The molecule has 1 aliphatic rings. The fraction of sp³-hybridized carbons (Fsp3) is 0.500. The Morgan fingerprint density at radius 3 is 2.94 bits per heavy atom. The SMILES string of the molecule is OC1(CNCc2cccc(Cl)c2Cl)CCOC1. The summed E-state index contributed by atoms with van der Waals surface area (Å²) in [6, 6.07) is 5.53.